The Bertz CT molecular complexity index is 1230. The number of aliphatic hydroxyl groups excluding tert-OH is 1. The van der Waals surface area contributed by atoms with E-state index in [1.807, 2.05) is 0 Å². The van der Waals surface area contributed by atoms with Crippen molar-refractivity contribution < 1.29 is 33.0 Å². The van der Waals surface area contributed by atoms with Gasteiger partial charge in [0, 0.05) is 6.20 Å². The Morgan fingerprint density at radius 2 is 2.03 bits per heavy atom. The Labute approximate surface area is 233 Å². The summed E-state index contributed by atoms with van der Waals surface area (Å²) in [5.41, 5.74) is 4.93. The Balaban J connectivity index is 1.77. The maximum atomic E-state index is 13.7. The van der Waals surface area contributed by atoms with Crippen molar-refractivity contribution in [1.29, 1.82) is 0 Å². The fraction of sp³-hybridized carbons (Fsp3) is 0.522. The third-order valence-electron chi connectivity index (χ3n) is 5.62. The van der Waals surface area contributed by atoms with Crippen molar-refractivity contribution in [2.24, 2.45) is 0 Å². The van der Waals surface area contributed by atoms with Crippen LogP contribution in [-0.2, 0) is 23.4 Å². The summed E-state index contributed by atoms with van der Waals surface area (Å²) in [6, 6.07) is 7.53. The van der Waals surface area contributed by atoms with Crippen LogP contribution >= 0.6 is 35.1 Å². The van der Waals surface area contributed by atoms with Crippen LogP contribution < -0.4 is 21.3 Å². The van der Waals surface area contributed by atoms with E-state index in [0.717, 1.165) is 4.57 Å². The highest BCUT2D eigenvalue weighted by atomic mass is 79.9. The molecule has 3 rings (SSSR count). The number of para-hydroxylation sites is 1. The van der Waals surface area contributed by atoms with Crippen molar-refractivity contribution in [2.75, 3.05) is 18.6 Å². The summed E-state index contributed by atoms with van der Waals surface area (Å²) in [6.07, 6.45) is -2.90. The van der Waals surface area contributed by atoms with Crippen LogP contribution in [0.25, 0.3) is 0 Å². The van der Waals surface area contributed by atoms with Gasteiger partial charge in [-0.25, -0.2) is 9.36 Å². The van der Waals surface area contributed by atoms with Gasteiger partial charge in [-0.05, 0) is 55.8 Å². The average molecular weight is 638 g/mol. The number of nitrogens with one attached hydrogen (secondary N) is 1. The molecule has 0 radical (unpaired) electrons. The zero-order chi connectivity index (χ0) is 28.3. The van der Waals surface area contributed by atoms with E-state index in [1.54, 1.807) is 51.1 Å². The van der Waals surface area contributed by atoms with Gasteiger partial charge in [0.25, 0.3) is 0 Å². The van der Waals surface area contributed by atoms with Gasteiger partial charge in [-0.3, -0.25) is 19.2 Å². The number of rotatable bonds is 11. The van der Waals surface area contributed by atoms with Gasteiger partial charge < -0.3 is 24.8 Å². The molecule has 1 aromatic carbocycles. The first-order chi connectivity index (χ1) is 17.7. The number of halogens is 2. The molecule has 2 aromatic rings. The summed E-state index contributed by atoms with van der Waals surface area (Å²) in [6.45, 7) is 6.07. The summed E-state index contributed by atoms with van der Waals surface area (Å²) in [4.78, 5) is 26.9. The number of carbonyl (C=O) groups excluding carboxylic acids is 1. The zero-order valence-corrected chi connectivity index (χ0v) is 24.5. The van der Waals surface area contributed by atoms with Gasteiger partial charge in [0.1, 0.15) is 41.0 Å². The molecule has 38 heavy (non-hydrogen) atoms. The van der Waals surface area contributed by atoms with E-state index in [9.17, 15) is 19.3 Å². The third kappa shape index (κ3) is 7.35. The number of ether oxygens (including phenoxy) is 2. The molecule has 210 valence electrons. The number of nitrogen functional groups attached to an aromatic ring is 1. The molecule has 15 heteroatoms. The highest BCUT2D eigenvalue weighted by Gasteiger charge is 2.54. The molecule has 0 spiro atoms. The topological polar surface area (TPSA) is 164 Å². The molecule has 1 saturated heterocycles. The van der Waals surface area contributed by atoms with Crippen molar-refractivity contribution in [2.45, 2.75) is 63.2 Å². The molecule has 1 aromatic heterocycles. The lowest BCUT2D eigenvalue weighted by Gasteiger charge is -2.26. The molecule has 1 aliphatic heterocycles. The first kappa shape index (κ1) is 30.6. The number of nitrogens with zero attached hydrogens (tertiary/aromatic N) is 2. The lowest BCUT2D eigenvalue weighted by atomic mass is 10.0. The lowest BCUT2D eigenvalue weighted by molar-refractivity contribution is -0.149. The minimum atomic E-state index is -3.96. The minimum absolute atomic E-state index is 0.0149. The normalized spacial score (nSPS) is 25.6. The number of anilines is 1. The number of nitrogens with two attached hydrogens (primary N) is 1. The number of hydrogen-bond donors (Lipinski definition) is 3. The van der Waals surface area contributed by atoms with Crippen molar-refractivity contribution in [3.63, 3.8) is 0 Å². The molecular weight excluding hydrogens is 607 g/mol. The van der Waals surface area contributed by atoms with E-state index >= 15 is 0 Å². The molecule has 0 bridgehead atoms. The van der Waals surface area contributed by atoms with Gasteiger partial charge in [-0.1, -0.05) is 18.2 Å². The van der Waals surface area contributed by atoms with Crippen molar-refractivity contribution in [3.8, 4) is 5.75 Å². The van der Waals surface area contributed by atoms with Crippen LogP contribution in [0.4, 0.5) is 5.82 Å². The molecule has 6 atom stereocenters. The van der Waals surface area contributed by atoms with Gasteiger partial charge >= 0.3 is 19.3 Å². The summed E-state index contributed by atoms with van der Waals surface area (Å²) in [5, 5.41) is 13.7. The van der Waals surface area contributed by atoms with Crippen LogP contribution in [0, 0.1) is 0 Å². The van der Waals surface area contributed by atoms with Crippen LogP contribution in [0.2, 0.25) is 0 Å². The second kappa shape index (κ2) is 12.5. The van der Waals surface area contributed by atoms with E-state index in [4.69, 9.17) is 35.9 Å². The quantitative estimate of drug-likeness (QED) is 0.188. The number of aromatic nitrogens is 2. The number of alkyl halides is 1. The van der Waals surface area contributed by atoms with E-state index in [0.29, 0.717) is 4.47 Å². The smallest absolute Gasteiger partial charge is 0.393 e. The first-order valence-corrected chi connectivity index (χ1v) is 14.6. The highest BCUT2D eigenvalue weighted by Crippen LogP contribution is 2.49. The molecule has 12 nitrogen and oxygen atoms in total. The fourth-order valence-electron chi connectivity index (χ4n) is 3.58. The molecule has 1 fully saturated rings. The molecular formula is C23H31BrClN4O8P. The van der Waals surface area contributed by atoms with Crippen LogP contribution in [0.3, 0.4) is 0 Å². The molecule has 4 N–H and O–H groups in total. The SMILES string of the molecule is CC(C)OC(=O)C(C)NCP(=O)(OCC1OC(n2cc(Br)c(N)nc2=O)C(C)(Cl)C1O)Oc1ccccc1. The number of benzene rings is 1. The third-order valence-corrected chi connectivity index (χ3v) is 8.25. The molecule has 0 saturated carbocycles. The Morgan fingerprint density at radius 3 is 2.66 bits per heavy atom. The summed E-state index contributed by atoms with van der Waals surface area (Å²) in [5.74, 6) is -0.276. The number of esters is 1. The van der Waals surface area contributed by atoms with Crippen LogP contribution in [-0.4, -0.2) is 62.7 Å². The molecule has 0 aliphatic carbocycles. The Hall–Kier alpha value is -1.99. The zero-order valence-electron chi connectivity index (χ0n) is 21.2. The molecule has 2 heterocycles. The summed E-state index contributed by atoms with van der Waals surface area (Å²) >= 11 is 9.82. The lowest BCUT2D eigenvalue weighted by Crippen LogP contribution is -2.42. The van der Waals surface area contributed by atoms with Crippen molar-refractivity contribution in [1.82, 2.24) is 14.9 Å². The molecule has 0 amide bonds. The maximum Gasteiger partial charge on any atom is 0.393 e. The highest BCUT2D eigenvalue weighted by molar-refractivity contribution is 9.10. The molecule has 1 aliphatic rings. The van der Waals surface area contributed by atoms with Crippen LogP contribution in [0.15, 0.2) is 45.8 Å². The van der Waals surface area contributed by atoms with Crippen molar-refractivity contribution in [3.05, 3.63) is 51.5 Å². The average Bonchev–Trinajstić information content (AvgIpc) is 3.07. The van der Waals surface area contributed by atoms with Gasteiger partial charge in [0.05, 0.1) is 17.2 Å². The fourth-order valence-corrected chi connectivity index (χ4v) is 5.71. The summed E-state index contributed by atoms with van der Waals surface area (Å²) < 4.78 is 37.6. The largest absolute Gasteiger partial charge is 0.462 e. The van der Waals surface area contributed by atoms with E-state index in [-0.39, 0.29) is 24.0 Å². The predicted octanol–water partition coefficient (Wildman–Crippen LogP) is 3.02. The second-order valence-corrected chi connectivity index (χ2v) is 12.8. The van der Waals surface area contributed by atoms with E-state index in [1.165, 1.54) is 13.1 Å². The van der Waals surface area contributed by atoms with Crippen LogP contribution in [0.1, 0.15) is 33.9 Å². The number of carbonyl (C=O) groups is 1. The maximum absolute atomic E-state index is 13.7. The van der Waals surface area contributed by atoms with Gasteiger partial charge in [0.15, 0.2) is 6.23 Å². The number of aliphatic hydroxyl groups is 1. The van der Waals surface area contributed by atoms with Gasteiger partial charge in [-0.2, -0.15) is 4.98 Å². The number of hydrogen-bond acceptors (Lipinski definition) is 11. The minimum Gasteiger partial charge on any atom is -0.462 e. The predicted molar refractivity (Wildman–Crippen MR) is 144 cm³/mol. The first-order valence-electron chi connectivity index (χ1n) is 11.7. The van der Waals surface area contributed by atoms with Crippen molar-refractivity contribution >= 4 is 46.9 Å². The molecule has 6 unspecified atom stereocenters. The van der Waals surface area contributed by atoms with E-state index in [2.05, 4.69) is 26.2 Å². The Kier molecular flexibility index (Phi) is 10.0. The summed E-state index contributed by atoms with van der Waals surface area (Å²) in [7, 11) is -3.96. The van der Waals surface area contributed by atoms with Gasteiger partial charge in [-0.15, -0.1) is 11.6 Å². The Morgan fingerprint density at radius 1 is 1.37 bits per heavy atom. The standard InChI is InChI=1S/C23H31BrClN4O8P/c1-13(2)35-20(31)14(3)27-12-38(33,37-15-8-6-5-7-9-15)34-11-17-18(30)23(4,25)21(36-17)29-10-16(24)19(26)28-22(29)32/h5-10,13-14,17-18,21,27,30H,11-12H2,1-4H3,(H2,26,28,32). The van der Waals surface area contributed by atoms with Crippen LogP contribution in [0.5, 0.6) is 5.75 Å². The van der Waals surface area contributed by atoms with Gasteiger partial charge in [0.2, 0.25) is 0 Å². The second-order valence-electron chi connectivity index (χ2n) is 9.17. The van der Waals surface area contributed by atoms with E-state index < -0.39 is 55.2 Å². The monoisotopic (exact) mass is 636 g/mol.